The normalized spacial score (nSPS) is 9.67. The Morgan fingerprint density at radius 3 is 1.94 bits per heavy atom. The van der Waals surface area contributed by atoms with Crippen molar-refractivity contribution in [3.05, 3.63) is 29.2 Å². The van der Waals surface area contributed by atoms with Crippen LogP contribution in [0.3, 0.4) is 0 Å². The predicted molar refractivity (Wildman–Crippen MR) is 74.6 cm³/mol. The summed E-state index contributed by atoms with van der Waals surface area (Å²) >= 11 is 0. The maximum absolute atomic E-state index is 10.6. The van der Waals surface area contributed by atoms with E-state index in [4.69, 9.17) is 0 Å². The number of carbonyl (C=O) groups excluding carboxylic acids is 1. The molecule has 6 heteroatoms. The van der Waals surface area contributed by atoms with E-state index in [9.17, 15) is 4.79 Å². The van der Waals surface area contributed by atoms with Gasteiger partial charge in [-0.2, -0.15) is 5.10 Å². The zero-order valence-electron chi connectivity index (χ0n) is 12.1. The van der Waals surface area contributed by atoms with E-state index >= 15 is 0 Å². The maximum Gasteiger partial charge on any atom is 0.156 e. The zero-order chi connectivity index (χ0) is 14.7. The molecule has 104 valence electrons. The third-order valence-corrected chi connectivity index (χ3v) is 2.09. The summed E-state index contributed by atoms with van der Waals surface area (Å²) in [5.74, 6) is 8.13. The molecular weight excluding hydrogens is 230 g/mol. The van der Waals surface area contributed by atoms with Crippen molar-refractivity contribution in [1.29, 1.82) is 0 Å². The molecule has 1 rings (SSSR count). The molecule has 0 fully saturated rings. The number of aromatic nitrogens is 2. The van der Waals surface area contributed by atoms with Crippen LogP contribution in [0.5, 0.6) is 0 Å². The number of nitrogens with one attached hydrogen (secondary N) is 1. The van der Waals surface area contributed by atoms with E-state index in [2.05, 4.69) is 21.9 Å². The van der Waals surface area contributed by atoms with Crippen molar-refractivity contribution >= 4 is 5.78 Å². The number of rotatable bonds is 2. The molecule has 18 heavy (non-hydrogen) atoms. The summed E-state index contributed by atoms with van der Waals surface area (Å²) in [6, 6.07) is 0. The van der Waals surface area contributed by atoms with Gasteiger partial charge in [0.1, 0.15) is 0 Å². The number of H-pyrrole nitrogens is 1. The van der Waals surface area contributed by atoms with Crippen LogP contribution in [0.2, 0.25) is 0 Å². The first kappa shape index (κ1) is 18.7. The van der Waals surface area contributed by atoms with E-state index in [1.165, 1.54) is 5.56 Å². The van der Waals surface area contributed by atoms with E-state index in [-0.39, 0.29) is 5.78 Å². The van der Waals surface area contributed by atoms with Crippen LogP contribution in [0.4, 0.5) is 0 Å². The van der Waals surface area contributed by atoms with E-state index in [1.54, 1.807) is 6.92 Å². The Labute approximate surface area is 109 Å². The van der Waals surface area contributed by atoms with Crippen molar-refractivity contribution in [3.8, 4) is 0 Å². The lowest BCUT2D eigenvalue weighted by Crippen LogP contribution is -2.04. The number of carbonyl (C=O) groups is 1. The van der Waals surface area contributed by atoms with E-state index < -0.39 is 0 Å². The van der Waals surface area contributed by atoms with Crippen LogP contribution >= 0.6 is 0 Å². The Balaban J connectivity index is 0. The summed E-state index contributed by atoms with van der Waals surface area (Å²) < 4.78 is 0. The first-order valence-corrected chi connectivity index (χ1v) is 5.50. The average Bonchev–Trinajstić information content (AvgIpc) is 2.66. The number of allylic oxidation sites excluding steroid dienone is 1. The molecule has 0 saturated heterocycles. The highest BCUT2D eigenvalue weighted by Gasteiger charge is 1.93. The molecule has 0 amide bonds. The largest absolute Gasteiger partial charge is 0.383 e. The van der Waals surface area contributed by atoms with Gasteiger partial charge in [-0.1, -0.05) is 0 Å². The lowest BCUT2D eigenvalue weighted by atomic mass is 10.2. The second-order valence-corrected chi connectivity index (χ2v) is 4.01. The van der Waals surface area contributed by atoms with Crippen LogP contribution in [0.25, 0.3) is 0 Å². The fraction of sp³-hybridized carbons (Fsp3) is 0.500. The van der Waals surface area contributed by atoms with Crippen molar-refractivity contribution in [2.24, 2.45) is 11.7 Å². The number of hydrogen-bond donors (Lipinski definition) is 3. The number of hydrazine groups is 1. The van der Waals surface area contributed by atoms with Gasteiger partial charge in [0.25, 0.3) is 0 Å². The topological polar surface area (TPSA) is 101 Å². The Bertz CT molecular complexity index is 352. The minimum Gasteiger partial charge on any atom is -0.383 e. The summed E-state index contributed by atoms with van der Waals surface area (Å²) in [5, 5.41) is 6.61. The van der Waals surface area contributed by atoms with Gasteiger partial charge in [0.15, 0.2) is 5.78 Å². The third-order valence-electron chi connectivity index (χ3n) is 2.09. The highest BCUT2D eigenvalue weighted by Crippen LogP contribution is 1.96. The molecule has 1 aromatic heterocycles. The molecule has 0 atom stereocenters. The lowest BCUT2D eigenvalue weighted by Gasteiger charge is -2.04. The molecule has 0 spiro atoms. The molecule has 0 aromatic carbocycles. The standard InChI is InChI=1S/C7H13NO.C5H8N2.H4N2/c1-6(7(2)9)5-8(3)4;1-4-3-6-7-5(4)2;1-2/h5H,1-4H3;3H,1-2H3,(H,6,7);1-2H2/b6-5+;;. The van der Waals surface area contributed by atoms with Gasteiger partial charge in [-0.3, -0.25) is 21.6 Å². The van der Waals surface area contributed by atoms with Crippen molar-refractivity contribution in [3.63, 3.8) is 0 Å². The molecule has 0 bridgehead atoms. The quantitative estimate of drug-likeness (QED) is 0.414. The Morgan fingerprint density at radius 2 is 1.83 bits per heavy atom. The molecule has 0 unspecified atom stereocenters. The van der Waals surface area contributed by atoms with Gasteiger partial charge in [0.2, 0.25) is 0 Å². The lowest BCUT2D eigenvalue weighted by molar-refractivity contribution is -0.113. The number of Topliss-reactive ketones (excluding diaryl/α,β-unsaturated/α-hetero) is 1. The monoisotopic (exact) mass is 255 g/mol. The summed E-state index contributed by atoms with van der Waals surface area (Å²) in [5.41, 5.74) is 3.17. The highest BCUT2D eigenvalue weighted by molar-refractivity contribution is 5.92. The van der Waals surface area contributed by atoms with E-state index in [0.717, 1.165) is 11.3 Å². The van der Waals surface area contributed by atoms with Crippen LogP contribution in [-0.2, 0) is 4.79 Å². The molecule has 5 N–H and O–H groups in total. The van der Waals surface area contributed by atoms with Crippen LogP contribution < -0.4 is 11.7 Å². The molecular formula is C12H25N5O. The van der Waals surface area contributed by atoms with Crippen LogP contribution in [0.15, 0.2) is 18.0 Å². The molecule has 0 aliphatic heterocycles. The number of ketones is 1. The summed E-state index contributed by atoms with van der Waals surface area (Å²) in [4.78, 5) is 12.4. The van der Waals surface area contributed by atoms with Crippen LogP contribution in [0, 0.1) is 13.8 Å². The van der Waals surface area contributed by atoms with Crippen LogP contribution in [0.1, 0.15) is 25.1 Å². The summed E-state index contributed by atoms with van der Waals surface area (Å²) in [6.07, 6.45) is 3.62. The molecule has 6 nitrogen and oxygen atoms in total. The maximum atomic E-state index is 10.6. The van der Waals surface area contributed by atoms with Gasteiger partial charge in [-0.05, 0) is 33.3 Å². The van der Waals surface area contributed by atoms with Crippen molar-refractivity contribution in [2.75, 3.05) is 14.1 Å². The molecule has 0 aliphatic carbocycles. The highest BCUT2D eigenvalue weighted by atomic mass is 16.1. The van der Waals surface area contributed by atoms with Crippen LogP contribution in [-0.4, -0.2) is 35.0 Å². The summed E-state index contributed by atoms with van der Waals surface area (Å²) in [7, 11) is 3.79. The van der Waals surface area contributed by atoms with Gasteiger partial charge < -0.3 is 4.90 Å². The molecule has 1 aromatic rings. The van der Waals surface area contributed by atoms with Gasteiger partial charge in [-0.15, -0.1) is 0 Å². The minimum absolute atomic E-state index is 0.128. The number of nitrogens with two attached hydrogens (primary N) is 2. The van der Waals surface area contributed by atoms with Crippen molar-refractivity contribution < 1.29 is 4.79 Å². The number of hydrogen-bond acceptors (Lipinski definition) is 5. The minimum atomic E-state index is 0.128. The third kappa shape index (κ3) is 9.56. The Kier molecular flexibility index (Phi) is 10.9. The first-order valence-electron chi connectivity index (χ1n) is 5.50. The van der Waals surface area contributed by atoms with Crippen molar-refractivity contribution in [2.45, 2.75) is 27.7 Å². The fourth-order valence-electron chi connectivity index (χ4n) is 0.889. The van der Waals surface area contributed by atoms with Gasteiger partial charge in [0.05, 0.1) is 6.20 Å². The molecule has 0 radical (unpaired) electrons. The van der Waals surface area contributed by atoms with Gasteiger partial charge >= 0.3 is 0 Å². The molecule has 0 aliphatic rings. The van der Waals surface area contributed by atoms with E-state index in [0.29, 0.717) is 0 Å². The van der Waals surface area contributed by atoms with Gasteiger partial charge in [0, 0.05) is 31.6 Å². The SMILES string of the molecule is CC(=O)/C(C)=C/N(C)C.Cc1cn[nH]c1C.NN. The van der Waals surface area contributed by atoms with Crippen molar-refractivity contribution in [1.82, 2.24) is 15.1 Å². The Morgan fingerprint density at radius 1 is 1.33 bits per heavy atom. The number of aromatic amines is 1. The van der Waals surface area contributed by atoms with Gasteiger partial charge in [-0.25, -0.2) is 0 Å². The Hall–Kier alpha value is -1.66. The number of aryl methyl sites for hydroxylation is 2. The van der Waals surface area contributed by atoms with E-state index in [1.807, 2.05) is 52.2 Å². The summed E-state index contributed by atoms with van der Waals surface area (Å²) in [6.45, 7) is 7.40. The zero-order valence-corrected chi connectivity index (χ0v) is 12.1. The predicted octanol–water partition coefficient (Wildman–Crippen LogP) is 0.886. The second-order valence-electron chi connectivity index (χ2n) is 4.01. The number of nitrogens with zero attached hydrogens (tertiary/aromatic N) is 2. The second kappa shape index (κ2) is 10.5. The first-order chi connectivity index (χ1) is 8.34. The molecule has 0 saturated carbocycles. The molecule has 1 heterocycles. The fourth-order valence-corrected chi connectivity index (χ4v) is 0.889. The average molecular weight is 255 g/mol. The smallest absolute Gasteiger partial charge is 0.156 e.